The van der Waals surface area contributed by atoms with Gasteiger partial charge in [0.2, 0.25) is 5.91 Å². The molecule has 1 aromatic heterocycles. The third-order valence-corrected chi connectivity index (χ3v) is 4.47. The first-order valence-electron chi connectivity index (χ1n) is 8.36. The van der Waals surface area contributed by atoms with Gasteiger partial charge in [-0.25, -0.2) is 4.98 Å². The molecule has 1 aliphatic rings. The Hall–Kier alpha value is -2.91. The van der Waals surface area contributed by atoms with E-state index in [1.807, 2.05) is 18.2 Å². The average Bonchev–Trinajstić information content (AvgIpc) is 3.07. The third kappa shape index (κ3) is 4.34. The van der Waals surface area contributed by atoms with E-state index in [0.29, 0.717) is 22.9 Å². The van der Waals surface area contributed by atoms with Gasteiger partial charge in [-0.05, 0) is 48.7 Å². The number of nitrogens with one attached hydrogen (secondary N) is 1. The van der Waals surface area contributed by atoms with Crippen LogP contribution in [0.25, 0.3) is 0 Å². The van der Waals surface area contributed by atoms with Gasteiger partial charge in [0, 0.05) is 31.4 Å². The maximum Gasteiger partial charge on any atom is 0.248 e. The molecular formula is C19H21N5O. The van der Waals surface area contributed by atoms with E-state index in [1.165, 1.54) is 0 Å². The Bertz CT molecular complexity index is 798. The number of aromatic nitrogens is 1. The quantitative estimate of drug-likeness (QED) is 0.842. The maximum absolute atomic E-state index is 11.3. The lowest BCUT2D eigenvalue weighted by atomic mass is 10.1. The Kier molecular flexibility index (Phi) is 5.26. The van der Waals surface area contributed by atoms with Crippen molar-refractivity contribution in [1.29, 1.82) is 5.26 Å². The predicted molar refractivity (Wildman–Crippen MR) is 95.8 cm³/mol. The van der Waals surface area contributed by atoms with Gasteiger partial charge in [0.1, 0.15) is 11.9 Å². The highest BCUT2D eigenvalue weighted by Crippen LogP contribution is 2.20. The number of anilines is 1. The van der Waals surface area contributed by atoms with E-state index in [1.54, 1.807) is 24.4 Å². The van der Waals surface area contributed by atoms with Crippen molar-refractivity contribution >= 4 is 11.7 Å². The van der Waals surface area contributed by atoms with Gasteiger partial charge < -0.3 is 11.1 Å². The van der Waals surface area contributed by atoms with Crippen LogP contribution in [-0.2, 0) is 6.54 Å². The summed E-state index contributed by atoms with van der Waals surface area (Å²) in [4.78, 5) is 17.9. The highest BCUT2D eigenvalue weighted by Gasteiger charge is 2.22. The largest absolute Gasteiger partial charge is 0.369 e. The van der Waals surface area contributed by atoms with E-state index in [9.17, 15) is 4.79 Å². The van der Waals surface area contributed by atoms with Gasteiger partial charge in [-0.2, -0.15) is 5.26 Å². The van der Waals surface area contributed by atoms with Gasteiger partial charge in [-0.1, -0.05) is 12.1 Å². The summed E-state index contributed by atoms with van der Waals surface area (Å²) in [5.41, 5.74) is 7.56. The molecule has 1 saturated heterocycles. The standard InChI is InChI=1S/C19H21N5O/c20-10-17-5-2-7-22-19(17)23-11-15-6-8-24(13-15)12-14-3-1-4-16(9-14)18(21)25/h1-5,7,9,15H,6,8,11-13H2,(H2,21,25)(H,22,23). The van der Waals surface area contributed by atoms with E-state index in [4.69, 9.17) is 11.0 Å². The molecule has 1 aromatic carbocycles. The second-order valence-corrected chi connectivity index (χ2v) is 6.35. The molecule has 1 aliphatic heterocycles. The second kappa shape index (κ2) is 7.77. The van der Waals surface area contributed by atoms with Crippen LogP contribution in [0.2, 0.25) is 0 Å². The molecule has 3 rings (SSSR count). The van der Waals surface area contributed by atoms with Crippen LogP contribution in [0.3, 0.4) is 0 Å². The monoisotopic (exact) mass is 335 g/mol. The van der Waals surface area contributed by atoms with Gasteiger partial charge in [-0.3, -0.25) is 9.69 Å². The molecule has 1 amide bonds. The Morgan fingerprint density at radius 1 is 1.40 bits per heavy atom. The molecule has 25 heavy (non-hydrogen) atoms. The predicted octanol–water partition coefficient (Wildman–Crippen LogP) is 1.99. The number of likely N-dealkylation sites (tertiary alicyclic amines) is 1. The molecular weight excluding hydrogens is 314 g/mol. The smallest absolute Gasteiger partial charge is 0.248 e. The Morgan fingerprint density at radius 3 is 3.08 bits per heavy atom. The molecule has 0 saturated carbocycles. The second-order valence-electron chi connectivity index (χ2n) is 6.35. The highest BCUT2D eigenvalue weighted by atomic mass is 16.1. The third-order valence-electron chi connectivity index (χ3n) is 4.47. The number of primary amides is 1. The van der Waals surface area contributed by atoms with Crippen LogP contribution in [0.15, 0.2) is 42.6 Å². The molecule has 3 N–H and O–H groups in total. The van der Waals surface area contributed by atoms with Crippen LogP contribution in [0.1, 0.15) is 27.9 Å². The summed E-state index contributed by atoms with van der Waals surface area (Å²) in [6, 6.07) is 13.2. The molecule has 1 atom stereocenters. The fourth-order valence-electron chi connectivity index (χ4n) is 3.18. The molecule has 1 unspecified atom stereocenters. The van der Waals surface area contributed by atoms with Gasteiger partial charge >= 0.3 is 0 Å². The molecule has 6 heteroatoms. The van der Waals surface area contributed by atoms with Crippen LogP contribution in [0.5, 0.6) is 0 Å². The van der Waals surface area contributed by atoms with Crippen LogP contribution >= 0.6 is 0 Å². The number of rotatable bonds is 6. The fraction of sp³-hybridized carbons (Fsp3) is 0.316. The van der Waals surface area contributed by atoms with E-state index in [0.717, 1.165) is 38.2 Å². The van der Waals surface area contributed by atoms with Crippen LogP contribution in [0.4, 0.5) is 5.82 Å². The van der Waals surface area contributed by atoms with Crippen LogP contribution in [-0.4, -0.2) is 35.4 Å². The SMILES string of the molecule is N#Cc1cccnc1NCC1CCN(Cc2cccc(C(N)=O)c2)C1. The van der Waals surface area contributed by atoms with Crippen molar-refractivity contribution < 1.29 is 4.79 Å². The minimum absolute atomic E-state index is 0.394. The van der Waals surface area contributed by atoms with Crippen molar-refractivity contribution in [2.24, 2.45) is 11.7 Å². The minimum Gasteiger partial charge on any atom is -0.369 e. The van der Waals surface area contributed by atoms with Crippen molar-refractivity contribution in [2.45, 2.75) is 13.0 Å². The number of carbonyl (C=O) groups is 1. The number of benzene rings is 1. The van der Waals surface area contributed by atoms with Crippen molar-refractivity contribution in [3.63, 3.8) is 0 Å². The fourth-order valence-corrected chi connectivity index (χ4v) is 3.18. The van der Waals surface area contributed by atoms with Gasteiger partial charge in [0.15, 0.2) is 0 Å². The van der Waals surface area contributed by atoms with Crippen LogP contribution < -0.4 is 11.1 Å². The molecule has 1 fully saturated rings. The van der Waals surface area contributed by atoms with E-state index in [-0.39, 0.29) is 0 Å². The molecule has 2 heterocycles. The number of carbonyl (C=O) groups excluding carboxylic acids is 1. The van der Waals surface area contributed by atoms with E-state index in [2.05, 4.69) is 21.3 Å². The van der Waals surface area contributed by atoms with Gasteiger partial charge in [-0.15, -0.1) is 0 Å². The molecule has 128 valence electrons. The summed E-state index contributed by atoms with van der Waals surface area (Å²) >= 11 is 0. The van der Waals surface area contributed by atoms with Crippen molar-refractivity contribution in [2.75, 3.05) is 25.0 Å². The molecule has 6 nitrogen and oxygen atoms in total. The zero-order chi connectivity index (χ0) is 17.6. The number of nitriles is 1. The van der Waals surface area contributed by atoms with Gasteiger partial charge in [0.05, 0.1) is 5.56 Å². The Balaban J connectivity index is 1.53. The number of pyridine rings is 1. The van der Waals surface area contributed by atoms with E-state index < -0.39 is 5.91 Å². The topological polar surface area (TPSA) is 95.0 Å². The molecule has 0 bridgehead atoms. The summed E-state index contributed by atoms with van der Waals surface area (Å²) in [6.45, 7) is 3.59. The summed E-state index contributed by atoms with van der Waals surface area (Å²) < 4.78 is 0. The van der Waals surface area contributed by atoms with Gasteiger partial charge in [0.25, 0.3) is 0 Å². The first-order valence-corrected chi connectivity index (χ1v) is 8.36. The minimum atomic E-state index is -0.394. The normalized spacial score (nSPS) is 17.2. The van der Waals surface area contributed by atoms with Crippen molar-refractivity contribution in [3.05, 3.63) is 59.3 Å². The average molecular weight is 335 g/mol. The van der Waals surface area contributed by atoms with Crippen LogP contribution in [0, 0.1) is 17.2 Å². The summed E-state index contributed by atoms with van der Waals surface area (Å²) in [7, 11) is 0. The summed E-state index contributed by atoms with van der Waals surface area (Å²) in [5, 5.41) is 12.4. The number of nitrogens with zero attached hydrogens (tertiary/aromatic N) is 3. The molecule has 0 radical (unpaired) electrons. The first-order chi connectivity index (χ1) is 12.2. The lowest BCUT2D eigenvalue weighted by Crippen LogP contribution is -2.23. The number of hydrogen-bond donors (Lipinski definition) is 2. The zero-order valence-electron chi connectivity index (χ0n) is 14.0. The summed E-state index contributed by atoms with van der Waals surface area (Å²) in [6.07, 6.45) is 2.78. The first kappa shape index (κ1) is 16.9. The molecule has 0 spiro atoms. The zero-order valence-corrected chi connectivity index (χ0v) is 14.0. The number of hydrogen-bond acceptors (Lipinski definition) is 5. The summed E-state index contributed by atoms with van der Waals surface area (Å²) in [5.74, 6) is 0.763. The molecule has 0 aliphatic carbocycles. The van der Waals surface area contributed by atoms with E-state index >= 15 is 0 Å². The van der Waals surface area contributed by atoms with Crippen molar-refractivity contribution in [1.82, 2.24) is 9.88 Å². The Morgan fingerprint density at radius 2 is 2.28 bits per heavy atom. The van der Waals surface area contributed by atoms with Crippen molar-refractivity contribution in [3.8, 4) is 6.07 Å². The Labute approximate surface area is 147 Å². The highest BCUT2D eigenvalue weighted by molar-refractivity contribution is 5.92. The lowest BCUT2D eigenvalue weighted by molar-refractivity contribution is 0.1000. The number of nitrogens with two attached hydrogens (primary N) is 1. The lowest BCUT2D eigenvalue weighted by Gasteiger charge is -2.17. The number of amides is 1. The molecule has 2 aromatic rings. The maximum atomic E-state index is 11.3.